The van der Waals surface area contributed by atoms with E-state index in [1.54, 1.807) is 30.5 Å². The molecule has 0 spiro atoms. The standard InChI is InChI=1S/C26H20FN3O3/c1-14(2)23-24(15-3-7-18(27)8-4-15)20-11-17-13-28-30-21(17)12-22(20)29-25(23)33-19-9-5-16(6-10-19)26(31)32/h3-14H,1-2H3,(H,28,30)(H,31,32). The zero-order valence-electron chi connectivity index (χ0n) is 18.0. The molecule has 5 rings (SSSR count). The van der Waals surface area contributed by atoms with Crippen LogP contribution in [0.3, 0.4) is 0 Å². The molecular weight excluding hydrogens is 421 g/mol. The van der Waals surface area contributed by atoms with Crippen LogP contribution in [0, 0.1) is 5.82 Å². The molecule has 5 aromatic rings. The molecule has 0 bridgehead atoms. The van der Waals surface area contributed by atoms with Crippen molar-refractivity contribution < 1.29 is 19.0 Å². The van der Waals surface area contributed by atoms with Gasteiger partial charge in [-0.15, -0.1) is 0 Å². The third-order valence-electron chi connectivity index (χ3n) is 5.57. The Labute approximate surface area is 188 Å². The third kappa shape index (κ3) is 3.78. The van der Waals surface area contributed by atoms with Crippen LogP contribution in [-0.4, -0.2) is 26.3 Å². The number of aromatic nitrogens is 3. The van der Waals surface area contributed by atoms with Crippen molar-refractivity contribution in [2.75, 3.05) is 0 Å². The van der Waals surface area contributed by atoms with Crippen molar-refractivity contribution in [3.8, 4) is 22.8 Å². The quantitative estimate of drug-likeness (QED) is 0.324. The lowest BCUT2D eigenvalue weighted by Gasteiger charge is -2.20. The molecule has 0 aliphatic carbocycles. The van der Waals surface area contributed by atoms with E-state index in [4.69, 9.17) is 14.8 Å². The molecule has 0 aliphatic rings. The number of rotatable bonds is 5. The first-order valence-electron chi connectivity index (χ1n) is 10.5. The van der Waals surface area contributed by atoms with E-state index in [9.17, 15) is 9.18 Å². The fraction of sp³-hybridized carbons (Fsp3) is 0.115. The van der Waals surface area contributed by atoms with Crippen LogP contribution in [0.25, 0.3) is 32.9 Å². The van der Waals surface area contributed by atoms with Crippen LogP contribution in [0.1, 0.15) is 35.7 Å². The second-order valence-electron chi connectivity index (χ2n) is 8.13. The van der Waals surface area contributed by atoms with Crippen LogP contribution in [0.2, 0.25) is 0 Å². The molecule has 0 saturated heterocycles. The van der Waals surface area contributed by atoms with Gasteiger partial charge in [0.05, 0.1) is 22.8 Å². The van der Waals surface area contributed by atoms with E-state index in [1.165, 1.54) is 24.3 Å². The molecule has 0 aliphatic heterocycles. The number of nitrogens with zero attached hydrogens (tertiary/aromatic N) is 2. The van der Waals surface area contributed by atoms with Gasteiger partial charge in [0.1, 0.15) is 11.6 Å². The number of aromatic amines is 1. The van der Waals surface area contributed by atoms with E-state index in [1.807, 2.05) is 26.0 Å². The van der Waals surface area contributed by atoms with E-state index in [-0.39, 0.29) is 17.3 Å². The minimum absolute atomic E-state index is 0.0373. The lowest BCUT2D eigenvalue weighted by Crippen LogP contribution is -2.02. The lowest BCUT2D eigenvalue weighted by atomic mass is 9.90. The van der Waals surface area contributed by atoms with Gasteiger partial charge in [0.2, 0.25) is 5.88 Å². The molecule has 164 valence electrons. The summed E-state index contributed by atoms with van der Waals surface area (Å²) in [5.41, 5.74) is 4.35. The van der Waals surface area contributed by atoms with Crippen molar-refractivity contribution in [1.82, 2.24) is 15.2 Å². The molecule has 6 nitrogen and oxygen atoms in total. The number of carboxylic acid groups (broad SMARTS) is 1. The van der Waals surface area contributed by atoms with Crippen molar-refractivity contribution in [2.45, 2.75) is 19.8 Å². The summed E-state index contributed by atoms with van der Waals surface area (Å²) in [6.45, 7) is 4.10. The number of carboxylic acids is 1. The van der Waals surface area contributed by atoms with Crippen molar-refractivity contribution in [2.24, 2.45) is 0 Å². The molecule has 0 amide bonds. The maximum Gasteiger partial charge on any atom is 0.335 e. The Kier molecular flexibility index (Phi) is 5.01. The lowest BCUT2D eigenvalue weighted by molar-refractivity contribution is 0.0697. The van der Waals surface area contributed by atoms with Gasteiger partial charge in [0.15, 0.2) is 0 Å². The average molecular weight is 441 g/mol. The summed E-state index contributed by atoms with van der Waals surface area (Å²) in [6.07, 6.45) is 1.76. The first-order valence-corrected chi connectivity index (χ1v) is 10.5. The van der Waals surface area contributed by atoms with Gasteiger partial charge < -0.3 is 9.84 Å². The Bertz CT molecular complexity index is 1490. The highest BCUT2D eigenvalue weighted by Gasteiger charge is 2.22. The van der Waals surface area contributed by atoms with Crippen LogP contribution in [0.15, 0.2) is 66.9 Å². The Balaban J connectivity index is 1.77. The molecule has 33 heavy (non-hydrogen) atoms. The van der Waals surface area contributed by atoms with Gasteiger partial charge in [-0.3, -0.25) is 5.10 Å². The van der Waals surface area contributed by atoms with Crippen molar-refractivity contribution in [1.29, 1.82) is 0 Å². The van der Waals surface area contributed by atoms with Crippen molar-refractivity contribution in [3.63, 3.8) is 0 Å². The molecule has 2 aromatic heterocycles. The number of nitrogens with one attached hydrogen (secondary N) is 1. The molecule has 2 N–H and O–H groups in total. The number of pyridine rings is 1. The molecule has 0 radical (unpaired) electrons. The summed E-state index contributed by atoms with van der Waals surface area (Å²) in [5, 5.41) is 18.1. The van der Waals surface area contributed by atoms with Gasteiger partial charge in [0, 0.05) is 16.3 Å². The molecule has 0 saturated carbocycles. The number of hydrogen-bond acceptors (Lipinski definition) is 4. The summed E-state index contributed by atoms with van der Waals surface area (Å²) in [7, 11) is 0. The van der Waals surface area contributed by atoms with Crippen LogP contribution >= 0.6 is 0 Å². The van der Waals surface area contributed by atoms with E-state index in [2.05, 4.69) is 10.2 Å². The Hall–Kier alpha value is -4.26. The topological polar surface area (TPSA) is 88.1 Å². The Morgan fingerprint density at radius 3 is 2.45 bits per heavy atom. The first kappa shape index (κ1) is 20.6. The predicted molar refractivity (Wildman–Crippen MR) is 124 cm³/mol. The fourth-order valence-electron chi connectivity index (χ4n) is 4.01. The molecule has 0 unspecified atom stereocenters. The number of aromatic carboxylic acids is 1. The maximum atomic E-state index is 13.7. The third-order valence-corrected chi connectivity index (χ3v) is 5.57. The first-order chi connectivity index (χ1) is 15.9. The highest BCUT2D eigenvalue weighted by atomic mass is 19.1. The SMILES string of the molecule is CC(C)c1c(Oc2ccc(C(=O)O)cc2)nc2cc3[nH]ncc3cc2c1-c1ccc(F)cc1. The maximum absolute atomic E-state index is 13.7. The smallest absolute Gasteiger partial charge is 0.335 e. The van der Waals surface area contributed by atoms with E-state index in [0.717, 1.165) is 33.0 Å². The molecule has 0 fully saturated rings. The fourth-order valence-corrected chi connectivity index (χ4v) is 4.01. The van der Waals surface area contributed by atoms with Crippen LogP contribution in [-0.2, 0) is 0 Å². The number of benzene rings is 3. The molecule has 3 aromatic carbocycles. The van der Waals surface area contributed by atoms with Crippen LogP contribution in [0.4, 0.5) is 4.39 Å². The number of halogens is 1. The average Bonchev–Trinajstić information content (AvgIpc) is 3.25. The monoisotopic (exact) mass is 441 g/mol. The summed E-state index contributed by atoms with van der Waals surface area (Å²) in [5.74, 6) is -0.388. The largest absolute Gasteiger partial charge is 0.478 e. The number of hydrogen-bond donors (Lipinski definition) is 2. The van der Waals surface area contributed by atoms with Crippen molar-refractivity contribution in [3.05, 3.63) is 83.8 Å². The highest BCUT2D eigenvalue weighted by Crippen LogP contribution is 2.42. The second kappa shape index (κ2) is 8.02. The molecule has 0 atom stereocenters. The zero-order chi connectivity index (χ0) is 23.1. The summed E-state index contributed by atoms with van der Waals surface area (Å²) in [4.78, 5) is 16.0. The number of carbonyl (C=O) groups is 1. The van der Waals surface area contributed by atoms with E-state index in [0.29, 0.717) is 17.1 Å². The minimum atomic E-state index is -1.00. The van der Waals surface area contributed by atoms with Gasteiger partial charge in [-0.2, -0.15) is 5.10 Å². The summed E-state index contributed by atoms with van der Waals surface area (Å²) in [6, 6.07) is 16.5. The van der Waals surface area contributed by atoms with E-state index < -0.39 is 5.97 Å². The van der Waals surface area contributed by atoms with E-state index >= 15 is 0 Å². The van der Waals surface area contributed by atoms with Gasteiger partial charge in [-0.25, -0.2) is 14.2 Å². The Morgan fingerprint density at radius 2 is 1.79 bits per heavy atom. The molecule has 7 heteroatoms. The van der Waals surface area contributed by atoms with Crippen molar-refractivity contribution >= 4 is 27.8 Å². The van der Waals surface area contributed by atoms with Crippen LogP contribution in [0.5, 0.6) is 11.6 Å². The van der Waals surface area contributed by atoms with Gasteiger partial charge in [0.25, 0.3) is 0 Å². The second-order valence-corrected chi connectivity index (χ2v) is 8.13. The number of H-pyrrole nitrogens is 1. The van der Waals surface area contributed by atoms with Gasteiger partial charge in [-0.05, 0) is 65.6 Å². The molecule has 2 heterocycles. The van der Waals surface area contributed by atoms with Gasteiger partial charge in [-0.1, -0.05) is 26.0 Å². The molecular formula is C26H20FN3O3. The highest BCUT2D eigenvalue weighted by molar-refractivity contribution is 6.04. The summed E-state index contributed by atoms with van der Waals surface area (Å²) < 4.78 is 19.9. The van der Waals surface area contributed by atoms with Crippen LogP contribution < -0.4 is 4.74 Å². The summed E-state index contributed by atoms with van der Waals surface area (Å²) >= 11 is 0. The Morgan fingerprint density at radius 1 is 1.06 bits per heavy atom. The van der Waals surface area contributed by atoms with Gasteiger partial charge >= 0.3 is 5.97 Å². The normalized spacial score (nSPS) is 11.4. The number of fused-ring (bicyclic) bond motifs is 2. The predicted octanol–water partition coefficient (Wildman–Crippen LogP) is 6.53. The number of ether oxygens (including phenoxy) is 1. The zero-order valence-corrected chi connectivity index (χ0v) is 18.0. The minimum Gasteiger partial charge on any atom is -0.478 e.